The Bertz CT molecular complexity index is 1030. The molecule has 3 aromatic heterocycles. The van der Waals surface area contributed by atoms with Crippen molar-refractivity contribution in [3.8, 4) is 11.1 Å². The predicted molar refractivity (Wildman–Crippen MR) is 91.3 cm³/mol. The molecule has 3 heterocycles. The van der Waals surface area contributed by atoms with Crippen LogP contribution in [-0.4, -0.2) is 27.6 Å². The number of methoxy groups -OCH3 is 1. The maximum atomic E-state index is 12.7. The summed E-state index contributed by atoms with van der Waals surface area (Å²) in [6.07, 6.45) is 3.12. The van der Waals surface area contributed by atoms with Crippen molar-refractivity contribution < 1.29 is 9.53 Å². The molecule has 6 nitrogen and oxygen atoms in total. The number of rotatable bonds is 2. The highest BCUT2D eigenvalue weighted by Crippen LogP contribution is 2.24. The van der Waals surface area contributed by atoms with Gasteiger partial charge in [0.05, 0.1) is 12.6 Å². The third-order valence-corrected chi connectivity index (χ3v) is 4.08. The summed E-state index contributed by atoms with van der Waals surface area (Å²) in [5.41, 5.74) is 2.60. The van der Waals surface area contributed by atoms with Gasteiger partial charge in [-0.2, -0.15) is 0 Å². The first-order chi connectivity index (χ1) is 11.4. The summed E-state index contributed by atoms with van der Waals surface area (Å²) in [7, 11) is 2.97. The van der Waals surface area contributed by atoms with Crippen molar-refractivity contribution in [3.05, 3.63) is 57.4 Å². The zero-order chi connectivity index (χ0) is 17.4. The van der Waals surface area contributed by atoms with Crippen molar-refractivity contribution in [1.82, 2.24) is 14.5 Å². The fourth-order valence-electron chi connectivity index (χ4n) is 2.59. The monoisotopic (exact) mass is 343 g/mol. The van der Waals surface area contributed by atoms with Gasteiger partial charge in [-0.3, -0.25) is 4.79 Å². The fourth-order valence-corrected chi connectivity index (χ4v) is 2.74. The van der Waals surface area contributed by atoms with Crippen molar-refractivity contribution in [2.24, 2.45) is 7.05 Å². The number of esters is 1. The number of aryl methyl sites for hydroxylation is 2. The van der Waals surface area contributed by atoms with E-state index >= 15 is 0 Å². The van der Waals surface area contributed by atoms with Crippen molar-refractivity contribution >= 4 is 28.5 Å². The summed E-state index contributed by atoms with van der Waals surface area (Å²) < 4.78 is 6.18. The second-order valence-electron chi connectivity index (χ2n) is 5.36. The first-order valence-corrected chi connectivity index (χ1v) is 7.51. The smallest absolute Gasteiger partial charge is 0.356 e. The highest BCUT2D eigenvalue weighted by molar-refractivity contribution is 6.30. The van der Waals surface area contributed by atoms with Crippen molar-refractivity contribution in [2.45, 2.75) is 6.92 Å². The molecule has 0 aliphatic carbocycles. The maximum Gasteiger partial charge on any atom is 0.356 e. The van der Waals surface area contributed by atoms with Crippen LogP contribution in [0.3, 0.4) is 0 Å². The molecule has 0 aliphatic rings. The zero-order valence-corrected chi connectivity index (χ0v) is 14.1. The molecule has 7 heteroatoms. The first kappa shape index (κ1) is 16.1. The predicted octanol–water partition coefficient (Wildman–Crippen LogP) is 2.74. The highest BCUT2D eigenvalue weighted by Gasteiger charge is 2.15. The lowest BCUT2D eigenvalue weighted by atomic mass is 10.0. The number of halogens is 1. The van der Waals surface area contributed by atoms with Gasteiger partial charge in [-0.05, 0) is 30.7 Å². The van der Waals surface area contributed by atoms with Crippen molar-refractivity contribution in [3.63, 3.8) is 0 Å². The molecule has 0 N–H and O–H groups in total. The van der Waals surface area contributed by atoms with E-state index in [1.165, 1.54) is 17.9 Å². The molecule has 0 aromatic carbocycles. The van der Waals surface area contributed by atoms with E-state index in [9.17, 15) is 9.59 Å². The molecular formula is C17H14ClN3O3. The van der Waals surface area contributed by atoms with Gasteiger partial charge in [0.15, 0.2) is 0 Å². The van der Waals surface area contributed by atoms with Gasteiger partial charge in [-0.1, -0.05) is 11.6 Å². The Kier molecular flexibility index (Phi) is 4.07. The Hall–Kier alpha value is -2.73. The van der Waals surface area contributed by atoms with Gasteiger partial charge in [-0.25, -0.2) is 14.8 Å². The Balaban J connectivity index is 2.23. The van der Waals surface area contributed by atoms with Gasteiger partial charge in [0.1, 0.15) is 10.8 Å². The molecule has 0 saturated carbocycles. The van der Waals surface area contributed by atoms with E-state index < -0.39 is 5.97 Å². The quantitative estimate of drug-likeness (QED) is 0.528. The Morgan fingerprint density at radius 2 is 1.92 bits per heavy atom. The number of carbonyl (C=O) groups is 1. The number of carbonyl (C=O) groups excluding carboxylic acids is 1. The molecule has 0 fully saturated rings. The molecule has 0 bridgehead atoms. The van der Waals surface area contributed by atoms with Gasteiger partial charge in [-0.15, -0.1) is 0 Å². The summed E-state index contributed by atoms with van der Waals surface area (Å²) in [4.78, 5) is 32.4. The maximum absolute atomic E-state index is 12.7. The molecule has 0 spiro atoms. The molecule has 3 rings (SSSR count). The summed E-state index contributed by atoms with van der Waals surface area (Å²) in [6.45, 7) is 1.81. The zero-order valence-electron chi connectivity index (χ0n) is 13.3. The van der Waals surface area contributed by atoms with Gasteiger partial charge in [0.2, 0.25) is 0 Å². The summed E-state index contributed by atoms with van der Waals surface area (Å²) in [5, 5.41) is 1.11. The van der Waals surface area contributed by atoms with Crippen LogP contribution >= 0.6 is 11.6 Å². The number of fused-ring (bicyclic) bond motifs is 1. The van der Waals surface area contributed by atoms with Crippen LogP contribution < -0.4 is 5.56 Å². The Labute approximate surface area is 142 Å². The lowest BCUT2D eigenvalue weighted by Crippen LogP contribution is -2.19. The second kappa shape index (κ2) is 6.05. The largest absolute Gasteiger partial charge is 0.464 e. The van der Waals surface area contributed by atoms with Crippen LogP contribution in [0.4, 0.5) is 0 Å². The van der Waals surface area contributed by atoms with Crippen LogP contribution in [0.2, 0.25) is 5.15 Å². The molecule has 0 aliphatic heterocycles. The van der Waals surface area contributed by atoms with Crippen LogP contribution in [0.25, 0.3) is 22.0 Å². The SMILES string of the molecule is COC(=O)c1cc(C)c(-c2cc3cnc(Cl)cc3n(C)c2=O)cn1. The van der Waals surface area contributed by atoms with Crippen LogP contribution in [0.1, 0.15) is 16.1 Å². The molecule has 0 saturated heterocycles. The van der Waals surface area contributed by atoms with Gasteiger partial charge in [0.25, 0.3) is 5.56 Å². The first-order valence-electron chi connectivity index (χ1n) is 7.13. The highest BCUT2D eigenvalue weighted by atomic mass is 35.5. The molecule has 24 heavy (non-hydrogen) atoms. The average molecular weight is 344 g/mol. The van der Waals surface area contributed by atoms with E-state index in [-0.39, 0.29) is 11.3 Å². The number of hydrogen-bond donors (Lipinski definition) is 0. The van der Waals surface area contributed by atoms with E-state index in [0.29, 0.717) is 21.8 Å². The van der Waals surface area contributed by atoms with Crippen LogP contribution in [0.15, 0.2) is 35.4 Å². The summed E-state index contributed by atoms with van der Waals surface area (Å²) in [5.74, 6) is -0.519. The van der Waals surface area contributed by atoms with Crippen molar-refractivity contribution in [1.29, 1.82) is 0 Å². The summed E-state index contributed by atoms with van der Waals surface area (Å²) in [6, 6.07) is 5.00. The lowest BCUT2D eigenvalue weighted by molar-refractivity contribution is 0.0594. The Morgan fingerprint density at radius 1 is 1.17 bits per heavy atom. The van der Waals surface area contributed by atoms with E-state index in [2.05, 4.69) is 14.7 Å². The minimum absolute atomic E-state index is 0.180. The standard InChI is InChI=1S/C17H14ClN3O3/c1-9-4-13(17(23)24-3)19-8-12(9)11-5-10-7-20-15(18)6-14(10)21(2)16(11)22/h4-8H,1-3H3. The molecule has 0 amide bonds. The van der Waals surface area contributed by atoms with Gasteiger partial charge >= 0.3 is 5.97 Å². The van der Waals surface area contributed by atoms with Crippen LogP contribution in [-0.2, 0) is 11.8 Å². The minimum Gasteiger partial charge on any atom is -0.464 e. The fraction of sp³-hybridized carbons (Fsp3) is 0.176. The van der Waals surface area contributed by atoms with Crippen LogP contribution in [0, 0.1) is 6.92 Å². The van der Waals surface area contributed by atoms with Crippen molar-refractivity contribution in [2.75, 3.05) is 7.11 Å². The number of ether oxygens (including phenoxy) is 1. The normalized spacial score (nSPS) is 10.8. The third-order valence-electron chi connectivity index (χ3n) is 3.87. The molecule has 3 aromatic rings. The number of nitrogens with zero attached hydrogens (tertiary/aromatic N) is 3. The molecular weight excluding hydrogens is 330 g/mol. The summed E-state index contributed by atoms with van der Waals surface area (Å²) >= 11 is 5.91. The molecule has 0 atom stereocenters. The second-order valence-corrected chi connectivity index (χ2v) is 5.75. The number of hydrogen-bond acceptors (Lipinski definition) is 5. The number of pyridine rings is 3. The minimum atomic E-state index is -0.519. The molecule has 0 unspecified atom stereocenters. The van der Waals surface area contributed by atoms with E-state index in [1.54, 1.807) is 31.4 Å². The van der Waals surface area contributed by atoms with E-state index in [0.717, 1.165) is 10.9 Å². The molecule has 0 radical (unpaired) electrons. The lowest BCUT2D eigenvalue weighted by Gasteiger charge is -2.11. The van der Waals surface area contributed by atoms with E-state index in [1.807, 2.05) is 6.92 Å². The van der Waals surface area contributed by atoms with E-state index in [4.69, 9.17) is 11.6 Å². The Morgan fingerprint density at radius 3 is 2.58 bits per heavy atom. The van der Waals surface area contributed by atoms with Gasteiger partial charge in [0, 0.05) is 36.0 Å². The van der Waals surface area contributed by atoms with Gasteiger partial charge < -0.3 is 9.30 Å². The third kappa shape index (κ3) is 2.65. The molecule has 122 valence electrons. The number of aromatic nitrogens is 3. The average Bonchev–Trinajstić information content (AvgIpc) is 2.58. The van der Waals surface area contributed by atoms with Crippen LogP contribution in [0.5, 0.6) is 0 Å². The topological polar surface area (TPSA) is 74.1 Å².